The second-order valence-corrected chi connectivity index (χ2v) is 6.72. The molecule has 0 atom stereocenters. The summed E-state index contributed by atoms with van der Waals surface area (Å²) < 4.78 is 18.3. The summed E-state index contributed by atoms with van der Waals surface area (Å²) in [7, 11) is -1.58. The van der Waals surface area contributed by atoms with Crippen LogP contribution in [-0.4, -0.2) is 35.3 Å². The molecule has 0 radical (unpaired) electrons. The van der Waals surface area contributed by atoms with Crippen LogP contribution in [0.4, 0.5) is 0 Å². The van der Waals surface area contributed by atoms with E-state index < -0.39 is 35.3 Å². The molecule has 0 spiro atoms. The molecule has 90 valence electrons. The van der Waals surface area contributed by atoms with Gasteiger partial charge in [-0.1, -0.05) is 42.1 Å². The molecule has 15 heavy (non-hydrogen) atoms. The highest BCUT2D eigenvalue weighted by molar-refractivity contribution is 9.11. The first-order valence-corrected chi connectivity index (χ1v) is 12.1. The Morgan fingerprint density at radius 2 is 1.53 bits per heavy atom. The number of rotatable bonds is 9. The van der Waals surface area contributed by atoms with E-state index in [1.807, 2.05) is 0 Å². The Bertz CT molecular complexity index is 175. The van der Waals surface area contributed by atoms with Crippen molar-refractivity contribution < 1.29 is 13.3 Å². The molecule has 0 fully saturated rings. The third kappa shape index (κ3) is 6.82. The van der Waals surface area contributed by atoms with Crippen LogP contribution in [0.2, 0.25) is 19.6 Å². The van der Waals surface area contributed by atoms with Gasteiger partial charge in [-0.25, -0.2) is 0 Å². The summed E-state index contributed by atoms with van der Waals surface area (Å²) in [5.41, 5.74) is 0. The molecular formula is C8H21BrO3Si3. The molecule has 0 saturated heterocycles. The first-order chi connectivity index (χ1) is 7.10. The summed E-state index contributed by atoms with van der Waals surface area (Å²) in [5, 5.41) is 0. The van der Waals surface area contributed by atoms with Crippen molar-refractivity contribution in [3.8, 4) is 0 Å². The van der Waals surface area contributed by atoms with Gasteiger partial charge >= 0.3 is 0 Å². The van der Waals surface area contributed by atoms with Gasteiger partial charge in [-0.15, -0.1) is 0 Å². The zero-order valence-corrected chi connectivity index (χ0v) is 15.7. The molecule has 0 bridgehead atoms. The predicted molar refractivity (Wildman–Crippen MR) is 76.5 cm³/mol. The van der Waals surface area contributed by atoms with E-state index in [9.17, 15) is 0 Å². The Kier molecular flexibility index (Phi) is 9.29. The minimum absolute atomic E-state index is 0.526. The van der Waals surface area contributed by atoms with Gasteiger partial charge in [-0.3, -0.25) is 0 Å². The topological polar surface area (TPSA) is 27.7 Å². The van der Waals surface area contributed by atoms with Gasteiger partial charge in [0, 0.05) is 6.42 Å². The molecule has 0 N–H and O–H groups in total. The van der Waals surface area contributed by atoms with Gasteiger partial charge in [0.15, 0.2) is 29.3 Å². The fourth-order valence-corrected chi connectivity index (χ4v) is 4.24. The van der Waals surface area contributed by atoms with Crippen molar-refractivity contribution in [3.05, 3.63) is 11.1 Å². The van der Waals surface area contributed by atoms with Crippen molar-refractivity contribution in [2.45, 2.75) is 38.5 Å². The molecule has 0 unspecified atom stereocenters. The summed E-state index contributed by atoms with van der Waals surface area (Å²) in [4.78, 5) is 0. The second-order valence-electron chi connectivity index (χ2n) is 3.00. The van der Waals surface area contributed by atoms with Gasteiger partial charge in [0.25, 0.3) is 5.97 Å². The molecule has 0 heterocycles. The van der Waals surface area contributed by atoms with Crippen LogP contribution in [0.5, 0.6) is 0 Å². The SMILES string of the molecule is C=C(Br)CCC(O[SiH2]C)(O[SiH2]C)O[SiH2]C. The third-order valence-corrected chi connectivity index (χ3v) is 4.38. The molecule has 0 aliphatic carbocycles. The third-order valence-electron chi connectivity index (χ3n) is 1.80. The largest absolute Gasteiger partial charge is 0.378 e. The lowest BCUT2D eigenvalue weighted by molar-refractivity contribution is -0.258. The number of hydrogen-bond donors (Lipinski definition) is 0. The maximum Gasteiger partial charge on any atom is 0.253 e. The molecule has 0 aromatic rings. The standard InChI is InChI=1S/C8H21BrO3Si3/c1-7(9)5-6-8(10-13-2,11-14-3)12-15-4/h1,5-6,13-15H2,2-4H3. The average Bonchev–Trinajstić information content (AvgIpc) is 2.16. The van der Waals surface area contributed by atoms with Crippen LogP contribution in [0, 0.1) is 0 Å². The lowest BCUT2D eigenvalue weighted by Crippen LogP contribution is -2.41. The van der Waals surface area contributed by atoms with E-state index >= 15 is 0 Å². The van der Waals surface area contributed by atoms with E-state index in [1.54, 1.807) is 0 Å². The van der Waals surface area contributed by atoms with Crippen molar-refractivity contribution in [2.75, 3.05) is 0 Å². The van der Waals surface area contributed by atoms with Gasteiger partial charge in [0.2, 0.25) is 0 Å². The quantitative estimate of drug-likeness (QED) is 0.462. The first-order valence-electron chi connectivity index (χ1n) is 5.35. The lowest BCUT2D eigenvalue weighted by atomic mass is 10.3. The number of halogens is 1. The van der Waals surface area contributed by atoms with Crippen LogP contribution < -0.4 is 0 Å². The van der Waals surface area contributed by atoms with E-state index in [0.717, 1.165) is 17.3 Å². The van der Waals surface area contributed by atoms with Crippen molar-refractivity contribution in [1.29, 1.82) is 0 Å². The molecule has 3 nitrogen and oxygen atoms in total. The molecule has 0 amide bonds. The minimum Gasteiger partial charge on any atom is -0.378 e. The van der Waals surface area contributed by atoms with Gasteiger partial charge in [-0.2, -0.15) is 0 Å². The van der Waals surface area contributed by atoms with Gasteiger partial charge in [0.05, 0.1) is 0 Å². The average molecular weight is 329 g/mol. The molecule has 0 aromatic heterocycles. The normalized spacial score (nSPS) is 17.3. The molecule has 0 aromatic carbocycles. The zero-order chi connectivity index (χ0) is 11.7. The maximum atomic E-state index is 5.76. The van der Waals surface area contributed by atoms with Crippen LogP contribution in [0.15, 0.2) is 11.1 Å². The first kappa shape index (κ1) is 15.8. The van der Waals surface area contributed by atoms with Crippen LogP contribution in [0.1, 0.15) is 12.8 Å². The van der Waals surface area contributed by atoms with Gasteiger partial charge in [0.1, 0.15) is 0 Å². The molecule has 0 rings (SSSR count). The molecular weight excluding hydrogens is 308 g/mol. The van der Waals surface area contributed by atoms with Crippen molar-refractivity contribution in [1.82, 2.24) is 0 Å². The Morgan fingerprint density at radius 1 is 1.13 bits per heavy atom. The Balaban J connectivity index is 4.37. The Labute approximate surface area is 108 Å². The van der Waals surface area contributed by atoms with Crippen molar-refractivity contribution in [3.63, 3.8) is 0 Å². The highest BCUT2D eigenvalue weighted by atomic mass is 79.9. The highest BCUT2D eigenvalue weighted by Crippen LogP contribution is 2.24. The minimum atomic E-state index is -0.723. The molecule has 0 aliphatic rings. The van der Waals surface area contributed by atoms with E-state index in [1.165, 1.54) is 0 Å². The Hall–Kier alpha value is 0.751. The molecule has 0 saturated carbocycles. The van der Waals surface area contributed by atoms with E-state index in [-0.39, 0.29) is 0 Å². The van der Waals surface area contributed by atoms with Crippen LogP contribution in [-0.2, 0) is 13.3 Å². The smallest absolute Gasteiger partial charge is 0.253 e. The summed E-state index contributed by atoms with van der Waals surface area (Å²) in [6.07, 6.45) is 1.58. The van der Waals surface area contributed by atoms with Crippen molar-refractivity contribution >= 4 is 45.2 Å². The highest BCUT2D eigenvalue weighted by Gasteiger charge is 2.30. The lowest BCUT2D eigenvalue weighted by Gasteiger charge is -2.34. The van der Waals surface area contributed by atoms with Crippen LogP contribution >= 0.6 is 15.9 Å². The van der Waals surface area contributed by atoms with Crippen LogP contribution in [0.25, 0.3) is 0 Å². The maximum absolute atomic E-state index is 5.76. The van der Waals surface area contributed by atoms with E-state index in [2.05, 4.69) is 42.1 Å². The summed E-state index contributed by atoms with van der Waals surface area (Å²) >= 11 is 3.35. The monoisotopic (exact) mass is 328 g/mol. The molecule has 7 heteroatoms. The van der Waals surface area contributed by atoms with E-state index in [4.69, 9.17) is 13.3 Å². The zero-order valence-electron chi connectivity index (χ0n) is 9.85. The second kappa shape index (κ2) is 8.85. The fourth-order valence-electron chi connectivity index (χ4n) is 1.29. The predicted octanol–water partition coefficient (Wildman–Crippen LogP) is 0.774. The Morgan fingerprint density at radius 3 is 1.80 bits per heavy atom. The van der Waals surface area contributed by atoms with Gasteiger partial charge in [-0.05, 0) is 10.9 Å². The van der Waals surface area contributed by atoms with E-state index in [0.29, 0.717) is 0 Å². The summed E-state index contributed by atoms with van der Waals surface area (Å²) in [6, 6.07) is 0. The van der Waals surface area contributed by atoms with Gasteiger partial charge < -0.3 is 13.3 Å². The summed E-state index contributed by atoms with van der Waals surface area (Å²) in [5.74, 6) is -0.723. The number of hydrogen-bond acceptors (Lipinski definition) is 3. The van der Waals surface area contributed by atoms with Crippen LogP contribution in [0.3, 0.4) is 0 Å². The summed E-state index contributed by atoms with van der Waals surface area (Å²) in [6.45, 7) is 10.1. The van der Waals surface area contributed by atoms with Crippen molar-refractivity contribution in [2.24, 2.45) is 0 Å². The number of allylic oxidation sites excluding steroid dienone is 1. The fraction of sp³-hybridized carbons (Fsp3) is 0.750. The molecule has 0 aliphatic heterocycles.